The zero-order valence-corrected chi connectivity index (χ0v) is 9.82. The minimum Gasteiger partial charge on any atom is -0.382 e. The lowest BCUT2D eigenvalue weighted by atomic mass is 9.76. The van der Waals surface area contributed by atoms with Crippen LogP contribution in [0.3, 0.4) is 0 Å². The highest BCUT2D eigenvalue weighted by Gasteiger charge is 2.40. The van der Waals surface area contributed by atoms with E-state index in [1.807, 2.05) is 0 Å². The minimum atomic E-state index is -1.39. The molecule has 2 rings (SSSR count). The monoisotopic (exact) mass is 237 g/mol. The van der Waals surface area contributed by atoms with Crippen molar-refractivity contribution in [2.24, 2.45) is 5.92 Å². The normalized spacial score (nSPS) is 29.0. The van der Waals surface area contributed by atoms with Crippen LogP contribution in [0.1, 0.15) is 43.0 Å². The Kier molecular flexibility index (Phi) is 3.24. The van der Waals surface area contributed by atoms with Crippen molar-refractivity contribution in [2.45, 2.75) is 38.2 Å². The van der Waals surface area contributed by atoms with Crippen LogP contribution in [0.2, 0.25) is 0 Å². The van der Waals surface area contributed by atoms with Crippen LogP contribution >= 0.6 is 0 Å². The summed E-state index contributed by atoms with van der Waals surface area (Å²) in [7, 11) is 0. The van der Waals surface area contributed by atoms with Crippen molar-refractivity contribution in [3.05, 3.63) is 29.8 Å². The van der Waals surface area contributed by atoms with Crippen LogP contribution in [0.15, 0.2) is 18.5 Å². The Balaban J connectivity index is 2.23. The topological polar surface area (TPSA) is 50.2 Å². The quantitative estimate of drug-likeness (QED) is 0.803. The molecule has 4 heteroatoms. The van der Waals surface area contributed by atoms with Crippen molar-refractivity contribution in [1.82, 2.24) is 4.98 Å². The first-order valence-electron chi connectivity index (χ1n) is 5.89. The highest BCUT2D eigenvalue weighted by molar-refractivity contribution is 6.02. The highest BCUT2D eigenvalue weighted by Crippen LogP contribution is 2.34. The summed E-state index contributed by atoms with van der Waals surface area (Å²) in [6.07, 6.45) is 4.79. The number of ketones is 1. The molecule has 0 bridgehead atoms. The molecule has 1 saturated carbocycles. The summed E-state index contributed by atoms with van der Waals surface area (Å²) in [6, 6.07) is 1.33. The lowest BCUT2D eigenvalue weighted by Gasteiger charge is -2.33. The van der Waals surface area contributed by atoms with Crippen LogP contribution in [0.25, 0.3) is 0 Å². The summed E-state index contributed by atoms with van der Waals surface area (Å²) in [4.78, 5) is 15.7. The van der Waals surface area contributed by atoms with E-state index >= 15 is 0 Å². The first kappa shape index (κ1) is 12.2. The third-order valence-corrected chi connectivity index (χ3v) is 3.54. The second-order valence-electron chi connectivity index (χ2n) is 4.90. The molecule has 1 N–H and O–H groups in total. The van der Waals surface area contributed by atoms with Gasteiger partial charge in [-0.1, -0.05) is 6.92 Å². The molecule has 1 aliphatic rings. The second kappa shape index (κ2) is 4.53. The van der Waals surface area contributed by atoms with Crippen molar-refractivity contribution >= 4 is 5.78 Å². The molecular weight excluding hydrogens is 221 g/mol. The van der Waals surface area contributed by atoms with Gasteiger partial charge in [0.25, 0.3) is 0 Å². The summed E-state index contributed by atoms with van der Waals surface area (Å²) >= 11 is 0. The number of rotatable bonds is 2. The Labute approximate surface area is 99.7 Å². The van der Waals surface area contributed by atoms with E-state index in [4.69, 9.17) is 0 Å². The predicted octanol–water partition coefficient (Wildman–Crippen LogP) is 2.34. The number of halogens is 1. The van der Waals surface area contributed by atoms with Crippen LogP contribution in [0.4, 0.5) is 4.39 Å². The zero-order valence-electron chi connectivity index (χ0n) is 9.82. The second-order valence-corrected chi connectivity index (χ2v) is 4.90. The summed E-state index contributed by atoms with van der Waals surface area (Å²) in [5, 5.41) is 10.3. The van der Waals surface area contributed by atoms with Crippen LogP contribution in [-0.4, -0.2) is 21.5 Å². The molecule has 17 heavy (non-hydrogen) atoms. The molecule has 1 fully saturated rings. The molecule has 0 aliphatic heterocycles. The average Bonchev–Trinajstić information content (AvgIpc) is 2.33. The number of carbonyl (C=O) groups is 1. The minimum absolute atomic E-state index is 0.0583. The Morgan fingerprint density at radius 2 is 2.18 bits per heavy atom. The first-order chi connectivity index (χ1) is 8.03. The van der Waals surface area contributed by atoms with E-state index in [0.29, 0.717) is 18.8 Å². The lowest BCUT2D eigenvalue weighted by Crippen LogP contribution is -2.42. The van der Waals surface area contributed by atoms with E-state index < -0.39 is 17.2 Å². The number of pyridine rings is 1. The van der Waals surface area contributed by atoms with Gasteiger partial charge in [-0.3, -0.25) is 9.78 Å². The molecule has 3 nitrogen and oxygen atoms in total. The standard InChI is InChI=1S/C13H16FNO2/c1-9-2-5-13(17,6-3-9)12(16)10-4-7-15-8-11(10)14/h4,7-9,17H,2-3,5-6H2,1H3. The van der Waals surface area contributed by atoms with E-state index in [2.05, 4.69) is 11.9 Å². The summed E-state index contributed by atoms with van der Waals surface area (Å²) < 4.78 is 13.4. The molecule has 0 saturated heterocycles. The SMILES string of the molecule is CC1CCC(O)(C(=O)c2ccncc2F)CC1. The van der Waals surface area contributed by atoms with Crippen molar-refractivity contribution in [2.75, 3.05) is 0 Å². The fourth-order valence-corrected chi connectivity index (χ4v) is 2.28. The first-order valence-corrected chi connectivity index (χ1v) is 5.89. The van der Waals surface area contributed by atoms with Crippen molar-refractivity contribution < 1.29 is 14.3 Å². The summed E-state index contributed by atoms with van der Waals surface area (Å²) in [5.74, 6) is -0.654. The molecule has 0 unspecified atom stereocenters. The largest absolute Gasteiger partial charge is 0.382 e. The molecule has 1 aliphatic carbocycles. The van der Waals surface area contributed by atoms with E-state index in [0.717, 1.165) is 19.0 Å². The van der Waals surface area contributed by atoms with Crippen molar-refractivity contribution in [3.63, 3.8) is 0 Å². The van der Waals surface area contributed by atoms with E-state index in [-0.39, 0.29) is 5.56 Å². The van der Waals surface area contributed by atoms with E-state index in [1.54, 1.807) is 0 Å². The molecule has 0 radical (unpaired) electrons. The molecule has 0 amide bonds. The van der Waals surface area contributed by atoms with E-state index in [1.165, 1.54) is 12.3 Å². The Morgan fingerprint density at radius 3 is 2.76 bits per heavy atom. The van der Waals surface area contributed by atoms with Gasteiger partial charge >= 0.3 is 0 Å². The van der Waals surface area contributed by atoms with Gasteiger partial charge < -0.3 is 5.11 Å². The number of nitrogens with zero attached hydrogens (tertiary/aromatic N) is 1. The van der Waals surface area contributed by atoms with Crippen molar-refractivity contribution in [3.8, 4) is 0 Å². The maximum Gasteiger partial charge on any atom is 0.197 e. The van der Waals surface area contributed by atoms with Gasteiger partial charge in [-0.15, -0.1) is 0 Å². The molecule has 0 spiro atoms. The van der Waals surface area contributed by atoms with Crippen LogP contribution in [0, 0.1) is 11.7 Å². The number of aromatic nitrogens is 1. The van der Waals surface area contributed by atoms with Gasteiger partial charge in [0.15, 0.2) is 11.6 Å². The molecule has 92 valence electrons. The molecule has 0 aromatic carbocycles. The third-order valence-electron chi connectivity index (χ3n) is 3.54. The molecule has 1 heterocycles. The molecule has 1 aromatic heterocycles. The number of hydrogen-bond donors (Lipinski definition) is 1. The number of carbonyl (C=O) groups excluding carboxylic acids is 1. The Bertz CT molecular complexity index is 425. The smallest absolute Gasteiger partial charge is 0.197 e. The number of hydrogen-bond acceptors (Lipinski definition) is 3. The Hall–Kier alpha value is -1.29. The average molecular weight is 237 g/mol. The van der Waals surface area contributed by atoms with Crippen molar-refractivity contribution in [1.29, 1.82) is 0 Å². The number of Topliss-reactive ketones (excluding diaryl/α,β-unsaturated/α-hetero) is 1. The fourth-order valence-electron chi connectivity index (χ4n) is 2.28. The van der Waals surface area contributed by atoms with Gasteiger partial charge in [-0.2, -0.15) is 0 Å². The summed E-state index contributed by atoms with van der Waals surface area (Å²) in [5.41, 5.74) is -1.45. The molecule has 1 aromatic rings. The Morgan fingerprint density at radius 1 is 1.53 bits per heavy atom. The van der Waals surface area contributed by atoms with E-state index in [9.17, 15) is 14.3 Å². The maximum atomic E-state index is 13.4. The maximum absolute atomic E-state index is 13.4. The number of aliphatic hydroxyl groups is 1. The van der Waals surface area contributed by atoms with Gasteiger partial charge in [-0.05, 0) is 37.7 Å². The predicted molar refractivity (Wildman–Crippen MR) is 61.1 cm³/mol. The zero-order chi connectivity index (χ0) is 12.5. The van der Waals surface area contributed by atoms with Gasteiger partial charge in [-0.25, -0.2) is 4.39 Å². The van der Waals surface area contributed by atoms with Crippen LogP contribution in [-0.2, 0) is 0 Å². The summed E-state index contributed by atoms with van der Waals surface area (Å²) in [6.45, 7) is 2.09. The fraction of sp³-hybridized carbons (Fsp3) is 0.538. The highest BCUT2D eigenvalue weighted by atomic mass is 19.1. The van der Waals surface area contributed by atoms with Gasteiger partial charge in [0.05, 0.1) is 11.8 Å². The molecular formula is C13H16FNO2. The van der Waals surface area contributed by atoms with Gasteiger partial charge in [0, 0.05) is 6.20 Å². The van der Waals surface area contributed by atoms with Gasteiger partial charge in [0.1, 0.15) is 5.60 Å². The molecule has 0 atom stereocenters. The van der Waals surface area contributed by atoms with Crippen LogP contribution in [0.5, 0.6) is 0 Å². The van der Waals surface area contributed by atoms with Crippen LogP contribution < -0.4 is 0 Å². The third kappa shape index (κ3) is 2.36. The lowest BCUT2D eigenvalue weighted by molar-refractivity contribution is 0.00391. The van der Waals surface area contributed by atoms with Gasteiger partial charge in [0.2, 0.25) is 0 Å².